The second kappa shape index (κ2) is 16.7. The average molecular weight is 657 g/mol. The zero-order chi connectivity index (χ0) is 34.6. The van der Waals surface area contributed by atoms with E-state index in [1.165, 1.54) is 0 Å². The molecule has 3 aromatic carbocycles. The summed E-state index contributed by atoms with van der Waals surface area (Å²) in [6.07, 6.45) is -4.47. The van der Waals surface area contributed by atoms with E-state index in [1.54, 1.807) is 18.7 Å². The molecule has 1 aliphatic heterocycles. The molecule has 0 radical (unpaired) electrons. The molecule has 252 valence electrons. The number of ether oxygens (including phenoxy) is 1. The molecule has 0 aliphatic carbocycles. The van der Waals surface area contributed by atoms with Crippen molar-refractivity contribution in [3.05, 3.63) is 108 Å². The van der Waals surface area contributed by atoms with Gasteiger partial charge < -0.3 is 31.1 Å². The smallest absolute Gasteiger partial charge is 0.475 e. The summed E-state index contributed by atoms with van der Waals surface area (Å²) in [5, 5.41) is 13.1. The fourth-order valence-corrected chi connectivity index (χ4v) is 4.76. The number of aliphatic carboxylic acids is 1. The number of carboxylic acids is 1. The minimum absolute atomic E-state index is 0.00710. The Labute approximate surface area is 271 Å². The van der Waals surface area contributed by atoms with Crippen LogP contribution >= 0.6 is 0 Å². The van der Waals surface area contributed by atoms with E-state index in [2.05, 4.69) is 10.6 Å². The van der Waals surface area contributed by atoms with Crippen LogP contribution < -0.4 is 16.4 Å². The molecule has 0 saturated carbocycles. The molecule has 2 atom stereocenters. The van der Waals surface area contributed by atoms with Gasteiger partial charge in [-0.2, -0.15) is 13.2 Å². The Bertz CT molecular complexity index is 1430. The number of carbonyl (C=O) groups is 4. The molecule has 3 amide bonds. The largest absolute Gasteiger partial charge is 0.490 e. The quantitative estimate of drug-likeness (QED) is 0.246. The first-order valence-corrected chi connectivity index (χ1v) is 14.9. The Balaban J connectivity index is 0.000000771. The van der Waals surface area contributed by atoms with Gasteiger partial charge in [0.15, 0.2) is 0 Å². The molecule has 1 saturated heterocycles. The lowest BCUT2D eigenvalue weighted by Gasteiger charge is -2.27. The van der Waals surface area contributed by atoms with Crippen molar-refractivity contribution in [2.24, 2.45) is 5.73 Å². The Morgan fingerprint density at radius 3 is 1.87 bits per heavy atom. The summed E-state index contributed by atoms with van der Waals surface area (Å²) >= 11 is 0. The number of carboxylic acid groups (broad SMARTS) is 1. The van der Waals surface area contributed by atoms with Gasteiger partial charge in [-0.25, -0.2) is 4.79 Å². The molecule has 13 heteroatoms. The zero-order valence-electron chi connectivity index (χ0n) is 26.1. The van der Waals surface area contributed by atoms with Crippen molar-refractivity contribution in [2.45, 2.75) is 56.6 Å². The van der Waals surface area contributed by atoms with Crippen LogP contribution in [-0.2, 0) is 30.5 Å². The van der Waals surface area contributed by atoms with Crippen molar-refractivity contribution in [1.29, 1.82) is 0 Å². The highest BCUT2D eigenvalue weighted by Crippen LogP contribution is 2.25. The number of benzene rings is 3. The minimum atomic E-state index is -5.08. The van der Waals surface area contributed by atoms with Gasteiger partial charge in [0.2, 0.25) is 17.7 Å². The number of alkyl halides is 3. The van der Waals surface area contributed by atoms with E-state index < -0.39 is 35.6 Å². The highest BCUT2D eigenvalue weighted by atomic mass is 19.4. The number of amides is 3. The van der Waals surface area contributed by atoms with Crippen LogP contribution in [0, 0.1) is 0 Å². The van der Waals surface area contributed by atoms with Gasteiger partial charge in [-0.15, -0.1) is 0 Å². The molecule has 1 unspecified atom stereocenters. The van der Waals surface area contributed by atoms with Gasteiger partial charge in [0, 0.05) is 19.1 Å². The Morgan fingerprint density at radius 1 is 0.915 bits per heavy atom. The summed E-state index contributed by atoms with van der Waals surface area (Å²) < 4.78 is 37.6. The van der Waals surface area contributed by atoms with Crippen molar-refractivity contribution >= 4 is 23.7 Å². The third-order valence-electron chi connectivity index (χ3n) is 7.20. The van der Waals surface area contributed by atoms with Crippen molar-refractivity contribution in [3.8, 4) is 0 Å². The molecule has 47 heavy (non-hydrogen) atoms. The number of hydrogen-bond acceptors (Lipinski definition) is 6. The Morgan fingerprint density at radius 2 is 1.40 bits per heavy atom. The van der Waals surface area contributed by atoms with Crippen molar-refractivity contribution in [1.82, 2.24) is 15.5 Å². The number of halogens is 3. The second-order valence-corrected chi connectivity index (χ2v) is 11.6. The first-order chi connectivity index (χ1) is 22.2. The maximum absolute atomic E-state index is 13.5. The number of hydrogen-bond donors (Lipinski definition) is 4. The number of nitrogens with one attached hydrogen (secondary N) is 2. The molecule has 1 heterocycles. The summed E-state index contributed by atoms with van der Waals surface area (Å²) in [5.41, 5.74) is 7.60. The van der Waals surface area contributed by atoms with Crippen molar-refractivity contribution in [3.63, 3.8) is 0 Å². The van der Waals surface area contributed by atoms with Crippen molar-refractivity contribution < 1.29 is 42.2 Å². The predicted molar refractivity (Wildman–Crippen MR) is 168 cm³/mol. The van der Waals surface area contributed by atoms with E-state index in [0.717, 1.165) is 16.7 Å². The first-order valence-electron chi connectivity index (χ1n) is 14.9. The van der Waals surface area contributed by atoms with E-state index in [0.29, 0.717) is 26.1 Å². The molecule has 5 N–H and O–H groups in total. The standard InChI is InChI=1S/C32H38N4O4.C2HF3O2/c1-32(2,33)31(39)35-27(22-40-21-23-12-6-3-7-13-23)30(38)36-19-18-26(20-36)34-29(37)28(24-14-8-4-9-15-24)25-16-10-5-11-17-25;3-2(4,5)1(6)7/h3-17,26-28H,18-22,33H2,1-2H3,(H,34,37)(H,35,39);(H,6,7)/t26?,27-;/m1./s1. The van der Waals surface area contributed by atoms with Gasteiger partial charge in [0.1, 0.15) is 6.04 Å². The fourth-order valence-electron chi connectivity index (χ4n) is 4.76. The van der Waals surface area contributed by atoms with E-state index in [4.69, 9.17) is 20.4 Å². The van der Waals surface area contributed by atoms with Crippen LogP contribution in [-0.4, -0.2) is 77.2 Å². The Kier molecular flexibility index (Phi) is 13.0. The first kappa shape index (κ1) is 36.7. The summed E-state index contributed by atoms with van der Waals surface area (Å²) in [6, 6.07) is 27.8. The normalized spacial score (nSPS) is 15.3. The Hall–Kier alpha value is -4.75. The molecular formula is C34H39F3N4O6. The molecule has 4 rings (SSSR count). The zero-order valence-corrected chi connectivity index (χ0v) is 26.1. The molecule has 0 bridgehead atoms. The summed E-state index contributed by atoms with van der Waals surface area (Å²) in [6.45, 7) is 4.30. The van der Waals surface area contributed by atoms with Crippen LogP contribution in [0.3, 0.4) is 0 Å². The summed E-state index contributed by atoms with van der Waals surface area (Å²) in [5.74, 6) is -4.03. The van der Waals surface area contributed by atoms with E-state index in [-0.39, 0.29) is 24.5 Å². The van der Waals surface area contributed by atoms with Gasteiger partial charge in [-0.1, -0.05) is 91.0 Å². The minimum Gasteiger partial charge on any atom is -0.475 e. The summed E-state index contributed by atoms with van der Waals surface area (Å²) in [7, 11) is 0. The summed E-state index contributed by atoms with van der Waals surface area (Å²) in [4.78, 5) is 50.3. The van der Waals surface area contributed by atoms with Crippen LogP contribution in [0.4, 0.5) is 13.2 Å². The van der Waals surface area contributed by atoms with Crippen LogP contribution in [0.1, 0.15) is 42.9 Å². The topological polar surface area (TPSA) is 151 Å². The van der Waals surface area contributed by atoms with Gasteiger partial charge in [0.05, 0.1) is 24.7 Å². The van der Waals surface area contributed by atoms with E-state index in [9.17, 15) is 27.6 Å². The van der Waals surface area contributed by atoms with Crippen LogP contribution in [0.25, 0.3) is 0 Å². The third-order valence-corrected chi connectivity index (χ3v) is 7.20. The van der Waals surface area contributed by atoms with Gasteiger partial charge in [0.25, 0.3) is 0 Å². The average Bonchev–Trinajstić information content (AvgIpc) is 3.49. The van der Waals surface area contributed by atoms with Crippen LogP contribution in [0.5, 0.6) is 0 Å². The number of rotatable bonds is 11. The number of nitrogens with two attached hydrogens (primary N) is 1. The molecule has 0 aromatic heterocycles. The lowest BCUT2D eigenvalue weighted by atomic mass is 9.90. The molecule has 1 fully saturated rings. The molecular weight excluding hydrogens is 617 g/mol. The maximum atomic E-state index is 13.5. The van der Waals surface area contributed by atoms with Crippen molar-refractivity contribution in [2.75, 3.05) is 19.7 Å². The van der Waals surface area contributed by atoms with Gasteiger partial charge >= 0.3 is 12.1 Å². The lowest BCUT2D eigenvalue weighted by molar-refractivity contribution is -0.192. The SMILES string of the molecule is CC(C)(N)C(=O)N[C@H](COCc1ccccc1)C(=O)N1CCC(NC(=O)C(c2ccccc2)c2ccccc2)C1.O=C(O)C(F)(F)F. The molecule has 1 aliphatic rings. The van der Waals surface area contributed by atoms with Gasteiger partial charge in [-0.3, -0.25) is 14.4 Å². The van der Waals surface area contributed by atoms with Gasteiger partial charge in [-0.05, 0) is 37.0 Å². The maximum Gasteiger partial charge on any atom is 0.490 e. The highest BCUT2D eigenvalue weighted by molar-refractivity contribution is 5.92. The highest BCUT2D eigenvalue weighted by Gasteiger charge is 2.38. The monoisotopic (exact) mass is 656 g/mol. The van der Waals surface area contributed by atoms with Crippen LogP contribution in [0.2, 0.25) is 0 Å². The second-order valence-electron chi connectivity index (χ2n) is 11.6. The number of carbonyl (C=O) groups excluding carboxylic acids is 3. The molecule has 10 nitrogen and oxygen atoms in total. The number of nitrogens with zero attached hydrogens (tertiary/aromatic N) is 1. The molecule has 0 spiro atoms. The van der Waals surface area contributed by atoms with Crippen LogP contribution in [0.15, 0.2) is 91.0 Å². The number of likely N-dealkylation sites (tertiary alicyclic amines) is 1. The van der Waals surface area contributed by atoms with E-state index >= 15 is 0 Å². The van der Waals surface area contributed by atoms with E-state index in [1.807, 2.05) is 91.0 Å². The lowest BCUT2D eigenvalue weighted by Crippen LogP contribution is -2.57. The predicted octanol–water partition coefficient (Wildman–Crippen LogP) is 3.61. The molecule has 3 aromatic rings. The fraction of sp³-hybridized carbons (Fsp3) is 0.353. The third kappa shape index (κ3) is 11.5.